The number of carbonyl (C=O) groups is 1. The number of aromatic nitrogens is 2. The summed E-state index contributed by atoms with van der Waals surface area (Å²) in [6.45, 7) is -1.18. The van der Waals surface area contributed by atoms with Crippen molar-refractivity contribution in [3.05, 3.63) is 83.6 Å². The average molecular weight is 421 g/mol. The van der Waals surface area contributed by atoms with Crippen LogP contribution in [0.2, 0.25) is 0 Å². The van der Waals surface area contributed by atoms with Crippen LogP contribution in [0.15, 0.2) is 66.9 Å². The third-order valence-electron chi connectivity index (χ3n) is 4.14. The second kappa shape index (κ2) is 9.53. The molecule has 3 rings (SSSR count). The van der Waals surface area contributed by atoms with Gasteiger partial charge in [0.2, 0.25) is 0 Å². The first-order valence-corrected chi connectivity index (χ1v) is 9.05. The van der Waals surface area contributed by atoms with Gasteiger partial charge in [0.1, 0.15) is 6.61 Å². The normalized spacial score (nSPS) is 11.6. The fraction of sp³-hybridized carbons (Fsp3) is 0.238. The number of benzene rings is 2. The molecule has 0 aliphatic heterocycles. The molecule has 5 nitrogen and oxygen atoms in total. The molecular weight excluding hydrogens is 402 g/mol. The molecule has 9 heteroatoms. The molecule has 0 saturated heterocycles. The number of ether oxygens (including phenoxy) is 1. The molecule has 1 N–H and O–H groups in total. The number of amides is 1. The first-order valence-electron chi connectivity index (χ1n) is 9.05. The SMILES string of the molecule is O=C(Nc1ccn(Cc2ccccc2)n1)c1cccc(COCC(F)(F)C(F)F)c1. The van der Waals surface area contributed by atoms with Gasteiger partial charge in [0.25, 0.3) is 5.91 Å². The van der Waals surface area contributed by atoms with Gasteiger partial charge in [-0.25, -0.2) is 8.78 Å². The third-order valence-corrected chi connectivity index (χ3v) is 4.14. The van der Waals surface area contributed by atoms with Gasteiger partial charge in [-0.1, -0.05) is 42.5 Å². The van der Waals surface area contributed by atoms with E-state index in [0.717, 1.165) is 5.56 Å². The molecule has 0 atom stereocenters. The summed E-state index contributed by atoms with van der Waals surface area (Å²) in [5, 5.41) is 6.95. The molecule has 0 radical (unpaired) electrons. The lowest BCUT2D eigenvalue weighted by molar-refractivity contribution is -0.168. The Labute approximate surface area is 170 Å². The molecule has 1 amide bonds. The molecule has 0 unspecified atom stereocenters. The zero-order valence-electron chi connectivity index (χ0n) is 15.8. The van der Waals surface area contributed by atoms with Crippen LogP contribution in [0.5, 0.6) is 0 Å². The minimum Gasteiger partial charge on any atom is -0.370 e. The summed E-state index contributed by atoms with van der Waals surface area (Å²) in [7, 11) is 0. The van der Waals surface area contributed by atoms with E-state index in [4.69, 9.17) is 0 Å². The van der Waals surface area contributed by atoms with E-state index in [0.29, 0.717) is 17.9 Å². The van der Waals surface area contributed by atoms with Crippen LogP contribution in [0.3, 0.4) is 0 Å². The van der Waals surface area contributed by atoms with Crippen LogP contribution in [0.4, 0.5) is 23.4 Å². The van der Waals surface area contributed by atoms with Gasteiger partial charge in [0, 0.05) is 17.8 Å². The van der Waals surface area contributed by atoms with Crippen molar-refractivity contribution >= 4 is 11.7 Å². The Kier molecular flexibility index (Phi) is 6.83. The Balaban J connectivity index is 1.56. The van der Waals surface area contributed by atoms with Gasteiger partial charge in [-0.2, -0.15) is 13.9 Å². The molecule has 3 aromatic rings. The first-order chi connectivity index (χ1) is 14.3. The van der Waals surface area contributed by atoms with E-state index >= 15 is 0 Å². The van der Waals surface area contributed by atoms with Crippen LogP contribution in [0, 0.1) is 0 Å². The van der Waals surface area contributed by atoms with E-state index < -0.39 is 24.9 Å². The van der Waals surface area contributed by atoms with Gasteiger partial charge >= 0.3 is 12.3 Å². The molecular formula is C21H19F4N3O2. The minimum atomic E-state index is -4.21. The summed E-state index contributed by atoms with van der Waals surface area (Å²) in [4.78, 5) is 12.4. The number of nitrogens with one attached hydrogen (secondary N) is 1. The highest BCUT2D eigenvalue weighted by Crippen LogP contribution is 2.23. The number of nitrogens with zero attached hydrogens (tertiary/aromatic N) is 2. The molecule has 158 valence electrons. The summed E-state index contributed by atoms with van der Waals surface area (Å²) in [6, 6.07) is 17.4. The van der Waals surface area contributed by atoms with Gasteiger partial charge in [-0.15, -0.1) is 0 Å². The number of carbonyl (C=O) groups excluding carboxylic acids is 1. The third kappa shape index (κ3) is 5.90. The number of rotatable bonds is 9. The van der Waals surface area contributed by atoms with Crippen LogP contribution < -0.4 is 5.32 Å². The van der Waals surface area contributed by atoms with E-state index in [1.165, 1.54) is 12.1 Å². The standard InChI is InChI=1S/C21H19F4N3O2/c22-20(23)21(24,25)14-30-13-16-7-4-8-17(11-16)19(29)26-18-9-10-28(27-18)12-15-5-2-1-3-6-15/h1-11,20H,12-14H2,(H,26,27,29). The van der Waals surface area contributed by atoms with Crippen molar-refractivity contribution in [2.45, 2.75) is 25.5 Å². The molecule has 0 spiro atoms. The minimum absolute atomic E-state index is 0.259. The van der Waals surface area contributed by atoms with Crippen LogP contribution in [-0.2, 0) is 17.9 Å². The summed E-state index contributed by atoms with van der Waals surface area (Å²) in [5.74, 6) is -4.30. The second-order valence-corrected chi connectivity index (χ2v) is 6.59. The number of hydrogen-bond acceptors (Lipinski definition) is 3. The fourth-order valence-corrected chi connectivity index (χ4v) is 2.65. The number of alkyl halides is 4. The highest BCUT2D eigenvalue weighted by Gasteiger charge is 2.40. The zero-order valence-corrected chi connectivity index (χ0v) is 15.8. The van der Waals surface area contributed by atoms with E-state index in [9.17, 15) is 22.4 Å². The number of hydrogen-bond donors (Lipinski definition) is 1. The maximum Gasteiger partial charge on any atom is 0.330 e. The van der Waals surface area contributed by atoms with Gasteiger partial charge in [0.05, 0.1) is 13.2 Å². The van der Waals surface area contributed by atoms with Crippen LogP contribution in [0.1, 0.15) is 21.5 Å². The quantitative estimate of drug-likeness (QED) is 0.514. The Morgan fingerprint density at radius 3 is 2.53 bits per heavy atom. The Morgan fingerprint density at radius 1 is 1.07 bits per heavy atom. The molecule has 0 fully saturated rings. The van der Waals surface area contributed by atoms with Crippen LogP contribution in [-0.4, -0.2) is 34.6 Å². The summed E-state index contributed by atoms with van der Waals surface area (Å²) in [6.07, 6.45) is -2.06. The average Bonchev–Trinajstić information content (AvgIpc) is 3.15. The van der Waals surface area contributed by atoms with Gasteiger partial charge in [-0.3, -0.25) is 9.48 Å². The predicted molar refractivity (Wildman–Crippen MR) is 103 cm³/mol. The molecule has 1 aromatic heterocycles. The summed E-state index contributed by atoms with van der Waals surface area (Å²) < 4.78 is 56.4. The van der Waals surface area contributed by atoms with Gasteiger partial charge < -0.3 is 10.1 Å². The van der Waals surface area contributed by atoms with Crippen molar-refractivity contribution in [2.24, 2.45) is 0 Å². The molecule has 0 saturated carbocycles. The van der Waals surface area contributed by atoms with Crippen molar-refractivity contribution in [2.75, 3.05) is 11.9 Å². The second-order valence-electron chi connectivity index (χ2n) is 6.59. The molecule has 1 heterocycles. The monoisotopic (exact) mass is 421 g/mol. The van der Waals surface area contributed by atoms with Crippen LogP contribution >= 0.6 is 0 Å². The molecule has 0 aliphatic carbocycles. The van der Waals surface area contributed by atoms with Crippen molar-refractivity contribution in [3.63, 3.8) is 0 Å². The fourth-order valence-electron chi connectivity index (χ4n) is 2.65. The topological polar surface area (TPSA) is 56.2 Å². The Hall–Kier alpha value is -3.20. The van der Waals surface area contributed by atoms with Crippen molar-refractivity contribution in [1.29, 1.82) is 0 Å². The lowest BCUT2D eigenvalue weighted by atomic mass is 10.1. The molecule has 0 aliphatic rings. The van der Waals surface area contributed by atoms with E-state index in [1.807, 2.05) is 30.3 Å². The number of anilines is 1. The Morgan fingerprint density at radius 2 is 1.80 bits per heavy atom. The van der Waals surface area contributed by atoms with Crippen molar-refractivity contribution in [1.82, 2.24) is 9.78 Å². The van der Waals surface area contributed by atoms with E-state index in [1.54, 1.807) is 29.1 Å². The zero-order chi connectivity index (χ0) is 21.6. The van der Waals surface area contributed by atoms with Gasteiger partial charge in [0.15, 0.2) is 5.82 Å². The lowest BCUT2D eigenvalue weighted by Crippen LogP contribution is -2.32. The predicted octanol–water partition coefficient (Wildman–Crippen LogP) is 4.60. The van der Waals surface area contributed by atoms with E-state index in [2.05, 4.69) is 15.2 Å². The molecule has 2 aromatic carbocycles. The maximum absolute atomic E-state index is 12.9. The van der Waals surface area contributed by atoms with Crippen LogP contribution in [0.25, 0.3) is 0 Å². The number of halogens is 4. The highest BCUT2D eigenvalue weighted by molar-refractivity contribution is 6.03. The van der Waals surface area contributed by atoms with Crippen molar-refractivity contribution in [3.8, 4) is 0 Å². The molecule has 0 bridgehead atoms. The van der Waals surface area contributed by atoms with Gasteiger partial charge in [-0.05, 0) is 23.3 Å². The molecule has 30 heavy (non-hydrogen) atoms. The van der Waals surface area contributed by atoms with E-state index in [-0.39, 0.29) is 12.2 Å². The first kappa shape index (κ1) is 21.5. The summed E-state index contributed by atoms with van der Waals surface area (Å²) in [5.41, 5.74) is 1.72. The van der Waals surface area contributed by atoms with Crippen molar-refractivity contribution < 1.29 is 27.1 Å². The smallest absolute Gasteiger partial charge is 0.330 e. The maximum atomic E-state index is 12.9. The highest BCUT2D eigenvalue weighted by atomic mass is 19.3. The lowest BCUT2D eigenvalue weighted by Gasteiger charge is -2.15. The largest absolute Gasteiger partial charge is 0.370 e. The summed E-state index contributed by atoms with van der Waals surface area (Å²) >= 11 is 0. The Bertz CT molecular complexity index is 977.